The number of nitrogens with two attached hydrogens (primary N) is 1. The average molecular weight is 234 g/mol. The first kappa shape index (κ1) is 14.7. The molecule has 2 atom stereocenters. The molecule has 1 unspecified atom stereocenters. The van der Waals surface area contributed by atoms with E-state index in [4.69, 9.17) is 10.8 Å². The summed E-state index contributed by atoms with van der Waals surface area (Å²) in [6.07, 6.45) is 3.33. The van der Waals surface area contributed by atoms with Crippen LogP contribution in [0.1, 0.15) is 26.7 Å². The Labute approximate surface area is 96.0 Å². The minimum absolute atomic E-state index is 0.0650. The third kappa shape index (κ3) is 5.39. The molecule has 0 spiro atoms. The first-order chi connectivity index (χ1) is 6.99. The summed E-state index contributed by atoms with van der Waals surface area (Å²) in [4.78, 5) is 11.6. The van der Waals surface area contributed by atoms with E-state index in [-0.39, 0.29) is 12.5 Å². The van der Waals surface area contributed by atoms with E-state index in [0.717, 1.165) is 5.75 Å². The van der Waals surface area contributed by atoms with Crippen molar-refractivity contribution in [2.75, 3.05) is 18.6 Å². The average Bonchev–Trinajstić information content (AvgIpc) is 2.25. The molecule has 4 nitrogen and oxygen atoms in total. The van der Waals surface area contributed by atoms with E-state index in [2.05, 4.69) is 5.32 Å². The van der Waals surface area contributed by atoms with Gasteiger partial charge in [-0.2, -0.15) is 11.8 Å². The van der Waals surface area contributed by atoms with Crippen molar-refractivity contribution in [2.45, 2.75) is 38.3 Å². The van der Waals surface area contributed by atoms with Crippen molar-refractivity contribution in [1.82, 2.24) is 5.32 Å². The SMILES string of the molecule is CCC(C)(CO)NC(=O)[C@H](N)CCSC. The van der Waals surface area contributed by atoms with E-state index in [0.29, 0.717) is 12.8 Å². The molecule has 90 valence electrons. The molecular formula is C10H22N2O2S. The summed E-state index contributed by atoms with van der Waals surface area (Å²) in [6.45, 7) is 3.67. The molecule has 1 amide bonds. The van der Waals surface area contributed by atoms with Gasteiger partial charge in [-0.25, -0.2) is 0 Å². The van der Waals surface area contributed by atoms with Crippen LogP contribution in [0.25, 0.3) is 0 Å². The Morgan fingerprint density at radius 1 is 1.67 bits per heavy atom. The molecule has 0 aromatic rings. The van der Waals surface area contributed by atoms with Crippen LogP contribution in [0.15, 0.2) is 0 Å². The second-order valence-electron chi connectivity index (χ2n) is 3.95. The number of rotatable bonds is 7. The molecule has 5 heteroatoms. The summed E-state index contributed by atoms with van der Waals surface area (Å²) < 4.78 is 0. The maximum atomic E-state index is 11.6. The minimum Gasteiger partial charge on any atom is -0.394 e. The Morgan fingerprint density at radius 2 is 2.27 bits per heavy atom. The van der Waals surface area contributed by atoms with Gasteiger partial charge in [0.05, 0.1) is 18.2 Å². The second kappa shape index (κ2) is 7.09. The van der Waals surface area contributed by atoms with Gasteiger partial charge in [0.2, 0.25) is 5.91 Å². The molecule has 0 aliphatic heterocycles. The van der Waals surface area contributed by atoms with Crippen LogP contribution >= 0.6 is 11.8 Å². The first-order valence-corrected chi connectivity index (χ1v) is 6.56. The Bertz CT molecular complexity index is 196. The molecule has 0 aliphatic rings. The standard InChI is InChI=1S/C10H22N2O2S/c1-4-10(2,7-13)12-9(14)8(11)5-6-15-3/h8,13H,4-7,11H2,1-3H3,(H,12,14)/t8-,10?/m1/s1. The number of carbonyl (C=O) groups is 1. The summed E-state index contributed by atoms with van der Waals surface area (Å²) in [5.74, 6) is 0.693. The maximum Gasteiger partial charge on any atom is 0.237 e. The topological polar surface area (TPSA) is 75.3 Å². The lowest BCUT2D eigenvalue weighted by molar-refractivity contribution is -0.124. The summed E-state index contributed by atoms with van der Waals surface area (Å²) in [5, 5.41) is 11.9. The summed E-state index contributed by atoms with van der Waals surface area (Å²) >= 11 is 1.67. The molecular weight excluding hydrogens is 212 g/mol. The number of amides is 1. The zero-order chi connectivity index (χ0) is 11.9. The van der Waals surface area contributed by atoms with Crippen LogP contribution < -0.4 is 11.1 Å². The molecule has 0 saturated carbocycles. The number of hydrogen-bond acceptors (Lipinski definition) is 4. The van der Waals surface area contributed by atoms with E-state index < -0.39 is 11.6 Å². The van der Waals surface area contributed by atoms with Crippen LogP contribution in [0.2, 0.25) is 0 Å². The second-order valence-corrected chi connectivity index (χ2v) is 4.94. The molecule has 0 aliphatic carbocycles. The number of aliphatic hydroxyl groups excluding tert-OH is 1. The van der Waals surface area contributed by atoms with E-state index in [1.54, 1.807) is 11.8 Å². The van der Waals surface area contributed by atoms with Crippen LogP contribution in [-0.4, -0.2) is 41.2 Å². The van der Waals surface area contributed by atoms with Gasteiger partial charge in [0.15, 0.2) is 0 Å². The highest BCUT2D eigenvalue weighted by Crippen LogP contribution is 2.08. The maximum absolute atomic E-state index is 11.6. The number of aliphatic hydroxyl groups is 1. The van der Waals surface area contributed by atoms with Crippen LogP contribution in [0.4, 0.5) is 0 Å². The van der Waals surface area contributed by atoms with Crippen LogP contribution in [0, 0.1) is 0 Å². The summed E-state index contributed by atoms with van der Waals surface area (Å²) in [6, 6.07) is -0.477. The molecule has 15 heavy (non-hydrogen) atoms. The van der Waals surface area contributed by atoms with Crippen molar-refractivity contribution >= 4 is 17.7 Å². The van der Waals surface area contributed by atoms with Gasteiger partial charge in [0.1, 0.15) is 0 Å². The van der Waals surface area contributed by atoms with Crippen LogP contribution in [0.3, 0.4) is 0 Å². The van der Waals surface area contributed by atoms with Crippen molar-refractivity contribution in [1.29, 1.82) is 0 Å². The normalized spacial score (nSPS) is 16.9. The molecule has 0 saturated heterocycles. The molecule has 0 rings (SSSR count). The quantitative estimate of drug-likeness (QED) is 0.594. The van der Waals surface area contributed by atoms with Gasteiger partial charge in [-0.05, 0) is 31.8 Å². The van der Waals surface area contributed by atoms with Gasteiger partial charge in [0, 0.05) is 0 Å². The number of thioether (sulfide) groups is 1. The number of hydrogen-bond donors (Lipinski definition) is 3. The van der Waals surface area contributed by atoms with Crippen molar-refractivity contribution in [2.24, 2.45) is 5.73 Å². The third-order valence-electron chi connectivity index (χ3n) is 2.52. The molecule has 4 N–H and O–H groups in total. The van der Waals surface area contributed by atoms with Gasteiger partial charge in [-0.1, -0.05) is 6.92 Å². The Hall–Kier alpha value is -0.260. The van der Waals surface area contributed by atoms with Crippen molar-refractivity contribution in [3.63, 3.8) is 0 Å². The van der Waals surface area contributed by atoms with Crippen molar-refractivity contribution < 1.29 is 9.90 Å². The van der Waals surface area contributed by atoms with Crippen molar-refractivity contribution in [3.8, 4) is 0 Å². The van der Waals surface area contributed by atoms with Crippen LogP contribution in [-0.2, 0) is 4.79 Å². The van der Waals surface area contributed by atoms with E-state index in [1.807, 2.05) is 20.1 Å². The lowest BCUT2D eigenvalue weighted by Gasteiger charge is -2.28. The molecule has 0 radical (unpaired) electrons. The summed E-state index contributed by atoms with van der Waals surface area (Å²) in [7, 11) is 0. The Kier molecular flexibility index (Phi) is 6.96. The lowest BCUT2D eigenvalue weighted by atomic mass is 9.99. The zero-order valence-electron chi connectivity index (χ0n) is 9.75. The largest absolute Gasteiger partial charge is 0.394 e. The fourth-order valence-corrected chi connectivity index (χ4v) is 1.50. The smallest absolute Gasteiger partial charge is 0.237 e. The lowest BCUT2D eigenvalue weighted by Crippen LogP contribution is -2.53. The van der Waals surface area contributed by atoms with Gasteiger partial charge >= 0.3 is 0 Å². The van der Waals surface area contributed by atoms with E-state index >= 15 is 0 Å². The van der Waals surface area contributed by atoms with E-state index in [9.17, 15) is 4.79 Å². The predicted octanol–water partition coefficient (Wildman–Crippen LogP) is 0.344. The zero-order valence-corrected chi connectivity index (χ0v) is 10.6. The molecule has 0 heterocycles. The van der Waals surface area contributed by atoms with Gasteiger partial charge < -0.3 is 16.2 Å². The van der Waals surface area contributed by atoms with Gasteiger partial charge in [-0.15, -0.1) is 0 Å². The summed E-state index contributed by atoms with van der Waals surface area (Å²) in [5.41, 5.74) is 5.17. The molecule has 0 fully saturated rings. The van der Waals surface area contributed by atoms with E-state index in [1.165, 1.54) is 0 Å². The highest BCUT2D eigenvalue weighted by molar-refractivity contribution is 7.98. The number of carbonyl (C=O) groups excluding carboxylic acids is 1. The van der Waals surface area contributed by atoms with Crippen LogP contribution in [0.5, 0.6) is 0 Å². The Balaban J connectivity index is 4.10. The molecule has 0 bridgehead atoms. The highest BCUT2D eigenvalue weighted by Gasteiger charge is 2.25. The predicted molar refractivity (Wildman–Crippen MR) is 64.9 cm³/mol. The van der Waals surface area contributed by atoms with Gasteiger partial charge in [0.25, 0.3) is 0 Å². The Morgan fingerprint density at radius 3 is 2.67 bits per heavy atom. The fourth-order valence-electron chi connectivity index (χ4n) is 1.01. The van der Waals surface area contributed by atoms with Gasteiger partial charge in [-0.3, -0.25) is 4.79 Å². The highest BCUT2D eigenvalue weighted by atomic mass is 32.2. The minimum atomic E-state index is -0.548. The first-order valence-electron chi connectivity index (χ1n) is 5.16. The molecule has 0 aromatic heterocycles. The number of nitrogens with one attached hydrogen (secondary N) is 1. The fraction of sp³-hybridized carbons (Fsp3) is 0.900. The monoisotopic (exact) mass is 234 g/mol. The molecule has 0 aromatic carbocycles. The third-order valence-corrected chi connectivity index (χ3v) is 3.17. The van der Waals surface area contributed by atoms with Crippen molar-refractivity contribution in [3.05, 3.63) is 0 Å².